The molecular weight excluding hydrogens is 312 g/mol. The van der Waals surface area contributed by atoms with E-state index in [-0.39, 0.29) is 22.9 Å². The number of ketones is 2. The zero-order valence-corrected chi connectivity index (χ0v) is 13.9. The Bertz CT molecular complexity index is 730. The molecule has 24 heavy (non-hydrogen) atoms. The Kier molecular flexibility index (Phi) is 5.42. The van der Waals surface area contributed by atoms with E-state index < -0.39 is 0 Å². The molecule has 0 saturated heterocycles. The predicted molar refractivity (Wildman–Crippen MR) is 88.3 cm³/mol. The molecule has 0 atom stereocenters. The molecule has 0 aromatic heterocycles. The number of ether oxygens (including phenoxy) is 4. The number of methoxy groups -OCH3 is 4. The zero-order valence-electron chi connectivity index (χ0n) is 13.9. The first-order valence-electron chi connectivity index (χ1n) is 7.08. The van der Waals surface area contributed by atoms with E-state index in [1.807, 2.05) is 0 Å². The van der Waals surface area contributed by atoms with Crippen LogP contribution in [0.2, 0.25) is 0 Å². The van der Waals surface area contributed by atoms with Crippen molar-refractivity contribution in [2.45, 2.75) is 0 Å². The molecule has 2 rings (SSSR count). The summed E-state index contributed by atoms with van der Waals surface area (Å²) < 4.78 is 20.7. The van der Waals surface area contributed by atoms with E-state index in [1.54, 1.807) is 24.3 Å². The van der Waals surface area contributed by atoms with Crippen molar-refractivity contribution in [2.24, 2.45) is 0 Å². The van der Waals surface area contributed by atoms with Crippen LogP contribution in [0.25, 0.3) is 6.08 Å². The first-order valence-corrected chi connectivity index (χ1v) is 7.08. The lowest BCUT2D eigenvalue weighted by Crippen LogP contribution is -2.13. The van der Waals surface area contributed by atoms with Gasteiger partial charge < -0.3 is 18.9 Å². The minimum Gasteiger partial charge on any atom is -0.493 e. The molecule has 126 valence electrons. The molecule has 0 spiro atoms. The van der Waals surface area contributed by atoms with Crippen LogP contribution in [-0.2, 0) is 14.3 Å². The summed E-state index contributed by atoms with van der Waals surface area (Å²) >= 11 is 0. The van der Waals surface area contributed by atoms with E-state index in [9.17, 15) is 9.59 Å². The number of hydrogen-bond acceptors (Lipinski definition) is 6. The van der Waals surface area contributed by atoms with Gasteiger partial charge in [-0.1, -0.05) is 12.2 Å². The van der Waals surface area contributed by atoms with E-state index in [0.717, 1.165) is 5.56 Å². The van der Waals surface area contributed by atoms with E-state index in [1.165, 1.54) is 40.6 Å². The molecule has 0 heterocycles. The Hall–Kier alpha value is -3.02. The van der Waals surface area contributed by atoms with E-state index in [0.29, 0.717) is 17.2 Å². The number of allylic oxidation sites excluding steroid dienone is 4. The maximum atomic E-state index is 12.0. The lowest BCUT2D eigenvalue weighted by molar-refractivity contribution is -0.117. The average molecular weight is 330 g/mol. The lowest BCUT2D eigenvalue weighted by Gasteiger charge is -2.13. The Morgan fingerprint density at radius 2 is 1.38 bits per heavy atom. The maximum absolute atomic E-state index is 12.0. The summed E-state index contributed by atoms with van der Waals surface area (Å²) in [5.41, 5.74) is 1.00. The standard InChI is InChI=1S/C18H18O6/c1-21-15-10-13(19)12(9-14(15)20)6-5-11-7-16(22-2)18(24-4)17(8-11)23-3/h5-10H,1-4H3. The second-order valence-electron chi connectivity index (χ2n) is 4.83. The molecule has 1 aliphatic rings. The van der Waals surface area contributed by atoms with Crippen LogP contribution in [0.1, 0.15) is 5.56 Å². The van der Waals surface area contributed by atoms with Gasteiger partial charge in [0.1, 0.15) is 0 Å². The van der Waals surface area contributed by atoms with Crippen molar-refractivity contribution in [3.63, 3.8) is 0 Å². The van der Waals surface area contributed by atoms with Crippen molar-refractivity contribution < 1.29 is 28.5 Å². The predicted octanol–water partition coefficient (Wildman–Crippen LogP) is 2.33. The molecule has 1 aromatic carbocycles. The number of carbonyl (C=O) groups is 2. The van der Waals surface area contributed by atoms with Crippen LogP contribution in [0.3, 0.4) is 0 Å². The summed E-state index contributed by atoms with van der Waals surface area (Å²) in [6, 6.07) is 3.48. The van der Waals surface area contributed by atoms with Crippen molar-refractivity contribution in [1.82, 2.24) is 0 Å². The highest BCUT2D eigenvalue weighted by Crippen LogP contribution is 2.38. The third-order valence-electron chi connectivity index (χ3n) is 3.44. The number of carbonyl (C=O) groups excluding carboxylic acids is 2. The first kappa shape index (κ1) is 17.3. The zero-order chi connectivity index (χ0) is 17.7. The molecular formula is C18H18O6. The number of rotatable bonds is 6. The monoisotopic (exact) mass is 330 g/mol. The summed E-state index contributed by atoms with van der Waals surface area (Å²) in [7, 11) is 5.91. The van der Waals surface area contributed by atoms with Gasteiger partial charge in [-0.25, -0.2) is 0 Å². The largest absolute Gasteiger partial charge is 0.493 e. The summed E-state index contributed by atoms with van der Waals surface area (Å²) in [4.78, 5) is 23.7. The molecule has 0 amide bonds. The second kappa shape index (κ2) is 7.50. The molecule has 0 radical (unpaired) electrons. The molecule has 0 N–H and O–H groups in total. The van der Waals surface area contributed by atoms with Crippen LogP contribution >= 0.6 is 0 Å². The van der Waals surface area contributed by atoms with E-state index in [2.05, 4.69) is 0 Å². The van der Waals surface area contributed by atoms with Crippen molar-refractivity contribution in [3.05, 3.63) is 47.3 Å². The Labute approximate surface area is 140 Å². The van der Waals surface area contributed by atoms with Gasteiger partial charge in [-0.2, -0.15) is 0 Å². The van der Waals surface area contributed by atoms with Gasteiger partial charge >= 0.3 is 0 Å². The maximum Gasteiger partial charge on any atom is 0.221 e. The van der Waals surface area contributed by atoms with Crippen molar-refractivity contribution in [1.29, 1.82) is 0 Å². The van der Waals surface area contributed by atoms with E-state index in [4.69, 9.17) is 18.9 Å². The van der Waals surface area contributed by atoms with Gasteiger partial charge in [-0.15, -0.1) is 0 Å². The molecule has 6 heteroatoms. The quantitative estimate of drug-likeness (QED) is 0.746. The normalized spacial score (nSPS) is 14.3. The molecule has 6 nitrogen and oxygen atoms in total. The fourth-order valence-electron chi connectivity index (χ4n) is 2.23. The lowest BCUT2D eigenvalue weighted by atomic mass is 10.0. The van der Waals surface area contributed by atoms with Gasteiger partial charge in [0.15, 0.2) is 23.0 Å². The van der Waals surface area contributed by atoms with Crippen LogP contribution in [0.15, 0.2) is 41.7 Å². The first-order chi connectivity index (χ1) is 11.5. The summed E-state index contributed by atoms with van der Waals surface area (Å²) in [5.74, 6) is 0.867. The molecule has 0 aliphatic heterocycles. The summed E-state index contributed by atoms with van der Waals surface area (Å²) in [6.07, 6.45) is 5.67. The molecule has 0 fully saturated rings. The Morgan fingerprint density at radius 1 is 0.750 bits per heavy atom. The molecule has 1 aliphatic carbocycles. The van der Waals surface area contributed by atoms with Gasteiger partial charge in [-0.3, -0.25) is 9.59 Å². The highest BCUT2D eigenvalue weighted by molar-refractivity contribution is 6.20. The fraction of sp³-hybridized carbons (Fsp3) is 0.222. The average Bonchev–Trinajstić information content (AvgIpc) is 2.60. The Morgan fingerprint density at radius 3 is 1.88 bits per heavy atom. The van der Waals surface area contributed by atoms with Crippen LogP contribution < -0.4 is 14.2 Å². The molecule has 0 saturated carbocycles. The van der Waals surface area contributed by atoms with Gasteiger partial charge in [0.25, 0.3) is 0 Å². The summed E-state index contributed by atoms with van der Waals surface area (Å²) in [6.45, 7) is 0. The van der Waals surface area contributed by atoms with E-state index >= 15 is 0 Å². The van der Waals surface area contributed by atoms with Crippen molar-refractivity contribution >= 4 is 17.6 Å². The van der Waals surface area contributed by atoms with Gasteiger partial charge in [0.05, 0.1) is 28.4 Å². The van der Waals surface area contributed by atoms with Gasteiger partial charge in [0.2, 0.25) is 11.5 Å². The van der Waals surface area contributed by atoms with Crippen LogP contribution in [-0.4, -0.2) is 40.0 Å². The van der Waals surface area contributed by atoms with Gasteiger partial charge in [-0.05, 0) is 17.7 Å². The number of hydrogen-bond donors (Lipinski definition) is 0. The second-order valence-corrected chi connectivity index (χ2v) is 4.83. The van der Waals surface area contributed by atoms with Crippen LogP contribution in [0.4, 0.5) is 0 Å². The fourth-order valence-corrected chi connectivity index (χ4v) is 2.23. The minimum atomic E-state index is -0.346. The summed E-state index contributed by atoms with van der Waals surface area (Å²) in [5, 5.41) is 0. The van der Waals surface area contributed by atoms with Crippen molar-refractivity contribution in [2.75, 3.05) is 28.4 Å². The highest BCUT2D eigenvalue weighted by atomic mass is 16.5. The Balaban J connectivity index is 2.33. The van der Waals surface area contributed by atoms with Crippen molar-refractivity contribution in [3.8, 4) is 17.2 Å². The minimum absolute atomic E-state index is 0.0323. The molecule has 1 aromatic rings. The number of benzene rings is 1. The topological polar surface area (TPSA) is 71.1 Å². The van der Waals surface area contributed by atoms with Crippen LogP contribution in [0, 0.1) is 0 Å². The smallest absolute Gasteiger partial charge is 0.221 e. The molecule has 0 bridgehead atoms. The van der Waals surface area contributed by atoms with Gasteiger partial charge in [0, 0.05) is 17.7 Å². The third-order valence-corrected chi connectivity index (χ3v) is 3.44. The van der Waals surface area contributed by atoms with Crippen LogP contribution in [0.5, 0.6) is 17.2 Å². The SMILES string of the molecule is COC1=CC(=O)C(C=Cc2cc(OC)c(OC)c(OC)c2)=CC1=O. The molecule has 0 unspecified atom stereocenters. The highest BCUT2D eigenvalue weighted by Gasteiger charge is 2.19. The third kappa shape index (κ3) is 3.48.